The lowest BCUT2D eigenvalue weighted by molar-refractivity contribution is -0.132. The number of carbonyl (C=O) groups excluding carboxylic acids is 3. The number of piperidine rings is 1. The standard InChI is InChI=1S/C16H23N5O3S/c1-19-11-12(10-17-19)15(23)18-13-2-5-20(6-3-13)14(22)4-7-21-8-9-25-16(21)24/h10-11,13H,2-9H2,1H3,(H,18,23). The molecule has 2 fully saturated rings. The zero-order valence-corrected chi connectivity index (χ0v) is 15.1. The van der Waals surface area contributed by atoms with E-state index in [1.54, 1.807) is 29.0 Å². The Morgan fingerprint density at radius 1 is 1.32 bits per heavy atom. The Bertz CT molecular complexity index is 654. The van der Waals surface area contributed by atoms with E-state index in [1.807, 2.05) is 4.90 Å². The number of likely N-dealkylation sites (tertiary alicyclic amines) is 1. The van der Waals surface area contributed by atoms with Crippen molar-refractivity contribution in [3.05, 3.63) is 18.0 Å². The van der Waals surface area contributed by atoms with Gasteiger partial charge in [-0.25, -0.2) is 0 Å². The van der Waals surface area contributed by atoms with Crippen LogP contribution in [0.3, 0.4) is 0 Å². The molecule has 2 aliphatic rings. The summed E-state index contributed by atoms with van der Waals surface area (Å²) in [5.41, 5.74) is 0.550. The topological polar surface area (TPSA) is 87.5 Å². The minimum Gasteiger partial charge on any atom is -0.349 e. The van der Waals surface area contributed by atoms with E-state index in [1.165, 1.54) is 11.8 Å². The summed E-state index contributed by atoms with van der Waals surface area (Å²) in [6, 6.07) is 0.0771. The van der Waals surface area contributed by atoms with Crippen molar-refractivity contribution in [1.29, 1.82) is 0 Å². The minimum absolute atomic E-state index is 0.0737. The maximum atomic E-state index is 12.3. The maximum Gasteiger partial charge on any atom is 0.281 e. The van der Waals surface area contributed by atoms with E-state index in [-0.39, 0.29) is 23.1 Å². The number of aromatic nitrogens is 2. The highest BCUT2D eigenvalue weighted by Crippen LogP contribution is 2.18. The zero-order valence-electron chi connectivity index (χ0n) is 14.3. The summed E-state index contributed by atoms with van der Waals surface area (Å²) in [6.45, 7) is 2.51. The van der Waals surface area contributed by atoms with Gasteiger partial charge < -0.3 is 15.1 Å². The van der Waals surface area contributed by atoms with Gasteiger partial charge in [0.25, 0.3) is 11.1 Å². The van der Waals surface area contributed by atoms with E-state index in [0.29, 0.717) is 31.6 Å². The van der Waals surface area contributed by atoms with Crippen LogP contribution in [-0.4, -0.2) is 74.6 Å². The monoisotopic (exact) mass is 365 g/mol. The second-order valence-corrected chi connectivity index (χ2v) is 7.43. The summed E-state index contributed by atoms with van der Waals surface area (Å²) in [4.78, 5) is 39.6. The number of amides is 3. The van der Waals surface area contributed by atoms with Crippen LogP contribution in [0.1, 0.15) is 29.6 Å². The third-order valence-electron chi connectivity index (χ3n) is 4.59. The van der Waals surface area contributed by atoms with Gasteiger partial charge in [-0.15, -0.1) is 0 Å². The Kier molecular flexibility index (Phi) is 5.62. The Morgan fingerprint density at radius 2 is 2.08 bits per heavy atom. The number of aryl methyl sites for hydroxylation is 1. The Morgan fingerprint density at radius 3 is 2.68 bits per heavy atom. The fourth-order valence-corrected chi connectivity index (χ4v) is 3.95. The fourth-order valence-electron chi connectivity index (χ4n) is 3.10. The van der Waals surface area contributed by atoms with Crippen LogP contribution in [-0.2, 0) is 11.8 Å². The van der Waals surface area contributed by atoms with Gasteiger partial charge in [0.05, 0.1) is 11.8 Å². The SMILES string of the molecule is Cn1cc(C(=O)NC2CCN(C(=O)CCN3CCSC3=O)CC2)cn1. The van der Waals surface area contributed by atoms with Gasteiger partial charge in [-0.3, -0.25) is 19.1 Å². The van der Waals surface area contributed by atoms with Crippen LogP contribution in [0, 0.1) is 0 Å². The number of thioether (sulfide) groups is 1. The molecule has 1 aromatic rings. The van der Waals surface area contributed by atoms with Crippen molar-refractivity contribution in [2.45, 2.75) is 25.3 Å². The molecule has 0 aromatic carbocycles. The molecule has 0 saturated carbocycles. The highest BCUT2D eigenvalue weighted by atomic mass is 32.2. The predicted molar refractivity (Wildman–Crippen MR) is 94.3 cm³/mol. The summed E-state index contributed by atoms with van der Waals surface area (Å²) >= 11 is 1.31. The molecule has 25 heavy (non-hydrogen) atoms. The zero-order chi connectivity index (χ0) is 17.8. The van der Waals surface area contributed by atoms with Crippen LogP contribution in [0.2, 0.25) is 0 Å². The summed E-state index contributed by atoms with van der Waals surface area (Å²) in [7, 11) is 1.77. The van der Waals surface area contributed by atoms with Gasteiger partial charge in [0.15, 0.2) is 0 Å². The van der Waals surface area contributed by atoms with Gasteiger partial charge >= 0.3 is 0 Å². The molecule has 136 valence electrons. The highest BCUT2D eigenvalue weighted by molar-refractivity contribution is 8.13. The molecule has 0 radical (unpaired) electrons. The van der Waals surface area contributed by atoms with Crippen molar-refractivity contribution in [2.24, 2.45) is 7.05 Å². The number of hydrogen-bond donors (Lipinski definition) is 1. The van der Waals surface area contributed by atoms with E-state index in [0.717, 1.165) is 25.1 Å². The Balaban J connectivity index is 1.39. The fraction of sp³-hybridized carbons (Fsp3) is 0.625. The molecule has 3 heterocycles. The van der Waals surface area contributed by atoms with Crippen LogP contribution >= 0.6 is 11.8 Å². The van der Waals surface area contributed by atoms with Gasteiger partial charge in [0.1, 0.15) is 0 Å². The maximum absolute atomic E-state index is 12.3. The molecule has 0 aliphatic carbocycles. The van der Waals surface area contributed by atoms with Crippen molar-refractivity contribution in [3.63, 3.8) is 0 Å². The molecular formula is C16H23N5O3S. The summed E-state index contributed by atoms with van der Waals surface area (Å²) in [5.74, 6) is 0.777. The predicted octanol–water partition coefficient (Wildman–Crippen LogP) is 0.700. The van der Waals surface area contributed by atoms with Crippen molar-refractivity contribution in [1.82, 2.24) is 24.9 Å². The first-order valence-corrected chi connectivity index (χ1v) is 9.50. The third kappa shape index (κ3) is 4.53. The van der Waals surface area contributed by atoms with Crippen molar-refractivity contribution in [2.75, 3.05) is 31.9 Å². The number of hydrogen-bond acceptors (Lipinski definition) is 5. The van der Waals surface area contributed by atoms with Gasteiger partial charge in [-0.1, -0.05) is 11.8 Å². The smallest absolute Gasteiger partial charge is 0.281 e. The van der Waals surface area contributed by atoms with E-state index in [4.69, 9.17) is 0 Å². The molecule has 9 heteroatoms. The average Bonchev–Trinajstić information content (AvgIpc) is 3.21. The number of rotatable bonds is 5. The molecule has 0 spiro atoms. The number of carbonyl (C=O) groups is 3. The number of nitrogens with one attached hydrogen (secondary N) is 1. The van der Waals surface area contributed by atoms with Gasteiger partial charge in [-0.2, -0.15) is 5.10 Å². The van der Waals surface area contributed by atoms with Gasteiger partial charge in [-0.05, 0) is 12.8 Å². The Labute approximate surface area is 150 Å². The second-order valence-electron chi connectivity index (χ2n) is 6.38. The van der Waals surface area contributed by atoms with Crippen molar-refractivity contribution < 1.29 is 14.4 Å². The molecule has 8 nitrogen and oxygen atoms in total. The largest absolute Gasteiger partial charge is 0.349 e. The second kappa shape index (κ2) is 7.90. The third-order valence-corrected chi connectivity index (χ3v) is 5.48. The first-order valence-electron chi connectivity index (χ1n) is 8.52. The molecule has 2 saturated heterocycles. The minimum atomic E-state index is -0.122. The van der Waals surface area contributed by atoms with E-state index >= 15 is 0 Å². The molecule has 1 aromatic heterocycles. The van der Waals surface area contributed by atoms with Crippen LogP contribution < -0.4 is 5.32 Å². The molecule has 0 bridgehead atoms. The van der Waals surface area contributed by atoms with Crippen molar-refractivity contribution >= 4 is 28.8 Å². The molecular weight excluding hydrogens is 342 g/mol. The average molecular weight is 365 g/mol. The van der Waals surface area contributed by atoms with Crippen LogP contribution in [0.4, 0.5) is 4.79 Å². The molecule has 0 unspecified atom stereocenters. The van der Waals surface area contributed by atoms with Gasteiger partial charge in [0, 0.05) is 57.6 Å². The first-order chi connectivity index (χ1) is 12.0. The van der Waals surface area contributed by atoms with E-state index in [2.05, 4.69) is 10.4 Å². The lowest BCUT2D eigenvalue weighted by atomic mass is 10.0. The lowest BCUT2D eigenvalue weighted by Crippen LogP contribution is -2.47. The summed E-state index contributed by atoms with van der Waals surface area (Å²) < 4.78 is 1.60. The van der Waals surface area contributed by atoms with Crippen LogP contribution in [0.5, 0.6) is 0 Å². The van der Waals surface area contributed by atoms with Gasteiger partial charge in [0.2, 0.25) is 5.91 Å². The molecule has 3 rings (SSSR count). The van der Waals surface area contributed by atoms with Crippen LogP contribution in [0.25, 0.3) is 0 Å². The normalized spacial score (nSPS) is 18.7. The summed E-state index contributed by atoms with van der Waals surface area (Å²) in [6.07, 6.45) is 5.10. The quantitative estimate of drug-likeness (QED) is 0.830. The molecule has 3 amide bonds. The Hall–Kier alpha value is -2.03. The molecule has 0 atom stereocenters. The number of nitrogens with zero attached hydrogens (tertiary/aromatic N) is 4. The van der Waals surface area contributed by atoms with E-state index in [9.17, 15) is 14.4 Å². The summed E-state index contributed by atoms with van der Waals surface area (Å²) in [5, 5.41) is 7.08. The first kappa shape index (κ1) is 17.8. The lowest BCUT2D eigenvalue weighted by Gasteiger charge is -2.32. The van der Waals surface area contributed by atoms with Crippen molar-refractivity contribution in [3.8, 4) is 0 Å². The highest BCUT2D eigenvalue weighted by Gasteiger charge is 2.26. The van der Waals surface area contributed by atoms with Crippen LogP contribution in [0.15, 0.2) is 12.4 Å². The molecule has 1 N–H and O–H groups in total. The molecule has 2 aliphatic heterocycles. The van der Waals surface area contributed by atoms with E-state index < -0.39 is 0 Å².